The van der Waals surface area contributed by atoms with Crippen molar-refractivity contribution >= 4 is 0 Å². The summed E-state index contributed by atoms with van der Waals surface area (Å²) in [5, 5.41) is 4.09. The lowest BCUT2D eigenvalue weighted by Gasteiger charge is -2.16. The van der Waals surface area contributed by atoms with E-state index in [0.29, 0.717) is 5.82 Å². The van der Waals surface area contributed by atoms with E-state index >= 15 is 0 Å². The van der Waals surface area contributed by atoms with Crippen LogP contribution in [0.4, 0.5) is 0 Å². The number of hydrogen-bond acceptors (Lipinski definition) is 4. The van der Waals surface area contributed by atoms with E-state index in [1.165, 1.54) is 31.2 Å². The first-order valence-electron chi connectivity index (χ1n) is 7.43. The third kappa shape index (κ3) is 3.25. The third-order valence-corrected chi connectivity index (χ3v) is 3.84. The second-order valence-corrected chi connectivity index (χ2v) is 5.57. The molecular weight excluding hydrogens is 250 g/mol. The molecule has 4 nitrogen and oxygen atoms in total. The number of nitrogens with zero attached hydrogens (tertiary/aromatic N) is 3. The van der Waals surface area contributed by atoms with Crippen molar-refractivity contribution in [3.05, 3.63) is 35.7 Å². The van der Waals surface area contributed by atoms with Gasteiger partial charge < -0.3 is 4.52 Å². The SMILES string of the molecule is Cc1ccc(-c2noc(CN3CCCCCC3)n2)cc1. The minimum Gasteiger partial charge on any atom is -0.338 e. The molecule has 0 aliphatic carbocycles. The molecule has 0 atom stereocenters. The van der Waals surface area contributed by atoms with Crippen LogP contribution in [0.5, 0.6) is 0 Å². The van der Waals surface area contributed by atoms with Crippen LogP contribution < -0.4 is 0 Å². The maximum Gasteiger partial charge on any atom is 0.241 e. The normalized spacial score (nSPS) is 17.1. The van der Waals surface area contributed by atoms with Crippen LogP contribution in [-0.2, 0) is 6.54 Å². The van der Waals surface area contributed by atoms with Crippen molar-refractivity contribution in [2.75, 3.05) is 13.1 Å². The minimum atomic E-state index is 0.690. The molecule has 1 aliphatic rings. The molecule has 20 heavy (non-hydrogen) atoms. The van der Waals surface area contributed by atoms with Gasteiger partial charge in [0.1, 0.15) is 0 Å². The predicted molar refractivity (Wildman–Crippen MR) is 78.2 cm³/mol. The molecule has 0 radical (unpaired) electrons. The summed E-state index contributed by atoms with van der Waals surface area (Å²) in [7, 11) is 0. The first-order valence-corrected chi connectivity index (χ1v) is 7.43. The van der Waals surface area contributed by atoms with Gasteiger partial charge in [0, 0.05) is 5.56 Å². The molecule has 0 saturated carbocycles. The average Bonchev–Trinajstić information content (AvgIpc) is 2.76. The van der Waals surface area contributed by atoms with Crippen molar-refractivity contribution < 1.29 is 4.52 Å². The molecular formula is C16H21N3O. The lowest BCUT2D eigenvalue weighted by molar-refractivity contribution is 0.234. The van der Waals surface area contributed by atoms with E-state index in [2.05, 4.69) is 34.1 Å². The molecule has 1 fully saturated rings. The smallest absolute Gasteiger partial charge is 0.241 e. The largest absolute Gasteiger partial charge is 0.338 e. The van der Waals surface area contributed by atoms with Gasteiger partial charge in [-0.15, -0.1) is 0 Å². The average molecular weight is 271 g/mol. The topological polar surface area (TPSA) is 42.2 Å². The summed E-state index contributed by atoms with van der Waals surface area (Å²) in [6.07, 6.45) is 5.24. The number of hydrogen-bond donors (Lipinski definition) is 0. The number of benzene rings is 1. The zero-order valence-corrected chi connectivity index (χ0v) is 12.0. The lowest BCUT2D eigenvalue weighted by Crippen LogP contribution is -2.24. The van der Waals surface area contributed by atoms with Gasteiger partial charge >= 0.3 is 0 Å². The van der Waals surface area contributed by atoms with Crippen molar-refractivity contribution in [1.82, 2.24) is 15.0 Å². The van der Waals surface area contributed by atoms with Gasteiger partial charge in [0.25, 0.3) is 0 Å². The van der Waals surface area contributed by atoms with E-state index < -0.39 is 0 Å². The van der Waals surface area contributed by atoms with Crippen LogP contribution in [0, 0.1) is 6.92 Å². The Morgan fingerprint density at radius 3 is 2.45 bits per heavy atom. The van der Waals surface area contributed by atoms with Gasteiger partial charge in [0.15, 0.2) is 0 Å². The fourth-order valence-electron chi connectivity index (χ4n) is 2.62. The number of aryl methyl sites for hydroxylation is 1. The van der Waals surface area contributed by atoms with E-state index in [1.54, 1.807) is 0 Å². The van der Waals surface area contributed by atoms with E-state index in [4.69, 9.17) is 4.52 Å². The zero-order valence-electron chi connectivity index (χ0n) is 12.0. The Morgan fingerprint density at radius 2 is 1.75 bits per heavy atom. The third-order valence-electron chi connectivity index (χ3n) is 3.84. The van der Waals surface area contributed by atoms with Crippen LogP contribution in [0.3, 0.4) is 0 Å². The molecule has 3 rings (SSSR count). The Bertz CT molecular complexity index is 539. The molecule has 0 spiro atoms. The highest BCUT2D eigenvalue weighted by Gasteiger charge is 2.14. The quantitative estimate of drug-likeness (QED) is 0.857. The van der Waals surface area contributed by atoms with Gasteiger partial charge in [-0.25, -0.2) is 0 Å². The fraction of sp³-hybridized carbons (Fsp3) is 0.500. The summed E-state index contributed by atoms with van der Waals surface area (Å²) < 4.78 is 5.39. The maximum atomic E-state index is 5.39. The summed E-state index contributed by atoms with van der Waals surface area (Å²) in [5.41, 5.74) is 2.25. The van der Waals surface area contributed by atoms with Gasteiger partial charge in [-0.2, -0.15) is 4.98 Å². The minimum absolute atomic E-state index is 0.690. The highest BCUT2D eigenvalue weighted by Crippen LogP contribution is 2.18. The Morgan fingerprint density at radius 1 is 1.05 bits per heavy atom. The summed E-state index contributed by atoms with van der Waals surface area (Å²) in [6.45, 7) is 5.13. The van der Waals surface area contributed by atoms with Crippen LogP contribution in [0.15, 0.2) is 28.8 Å². The van der Waals surface area contributed by atoms with E-state index in [-0.39, 0.29) is 0 Å². The summed E-state index contributed by atoms with van der Waals surface area (Å²) in [4.78, 5) is 6.93. The molecule has 1 aromatic heterocycles. The molecule has 106 valence electrons. The van der Waals surface area contributed by atoms with E-state index in [0.717, 1.165) is 31.1 Å². The van der Waals surface area contributed by atoms with Crippen LogP contribution in [0.2, 0.25) is 0 Å². The molecule has 1 aliphatic heterocycles. The van der Waals surface area contributed by atoms with Gasteiger partial charge in [-0.1, -0.05) is 47.8 Å². The zero-order chi connectivity index (χ0) is 13.8. The molecule has 0 bridgehead atoms. The Hall–Kier alpha value is -1.68. The molecule has 0 N–H and O–H groups in total. The standard InChI is InChI=1S/C16H21N3O/c1-13-6-8-14(9-7-13)16-17-15(20-18-16)12-19-10-4-2-3-5-11-19/h6-9H,2-5,10-12H2,1H3. The van der Waals surface area contributed by atoms with Crippen molar-refractivity contribution in [3.8, 4) is 11.4 Å². The number of aromatic nitrogens is 2. The summed E-state index contributed by atoms with van der Waals surface area (Å²) in [5.74, 6) is 1.41. The highest BCUT2D eigenvalue weighted by molar-refractivity contribution is 5.54. The second kappa shape index (κ2) is 6.18. The first kappa shape index (κ1) is 13.3. The van der Waals surface area contributed by atoms with Crippen LogP contribution in [0.25, 0.3) is 11.4 Å². The first-order chi connectivity index (χ1) is 9.81. The van der Waals surface area contributed by atoms with Crippen molar-refractivity contribution in [2.24, 2.45) is 0 Å². The summed E-state index contributed by atoms with van der Waals surface area (Å²) >= 11 is 0. The van der Waals surface area contributed by atoms with Crippen molar-refractivity contribution in [3.63, 3.8) is 0 Å². The molecule has 4 heteroatoms. The van der Waals surface area contributed by atoms with Crippen LogP contribution in [-0.4, -0.2) is 28.1 Å². The molecule has 2 aromatic rings. The molecule has 1 aromatic carbocycles. The van der Waals surface area contributed by atoms with Gasteiger partial charge in [0.05, 0.1) is 6.54 Å². The van der Waals surface area contributed by atoms with E-state index in [9.17, 15) is 0 Å². The lowest BCUT2D eigenvalue weighted by atomic mass is 10.1. The van der Waals surface area contributed by atoms with Gasteiger partial charge in [-0.3, -0.25) is 4.90 Å². The van der Waals surface area contributed by atoms with Crippen LogP contribution in [0.1, 0.15) is 37.1 Å². The highest BCUT2D eigenvalue weighted by atomic mass is 16.5. The van der Waals surface area contributed by atoms with Gasteiger partial charge in [-0.05, 0) is 32.9 Å². The maximum absolute atomic E-state index is 5.39. The Balaban J connectivity index is 1.68. The Labute approximate surface area is 119 Å². The van der Waals surface area contributed by atoms with Gasteiger partial charge in [0.2, 0.25) is 11.7 Å². The van der Waals surface area contributed by atoms with Crippen LogP contribution >= 0.6 is 0 Å². The predicted octanol–water partition coefficient (Wildman–Crippen LogP) is 3.42. The monoisotopic (exact) mass is 271 g/mol. The van der Waals surface area contributed by atoms with E-state index in [1.807, 2.05) is 12.1 Å². The second-order valence-electron chi connectivity index (χ2n) is 5.57. The molecule has 0 unspecified atom stereocenters. The molecule has 0 amide bonds. The number of likely N-dealkylation sites (tertiary alicyclic amines) is 1. The Kier molecular flexibility index (Phi) is 4.11. The molecule has 2 heterocycles. The van der Waals surface area contributed by atoms with Crippen molar-refractivity contribution in [1.29, 1.82) is 0 Å². The van der Waals surface area contributed by atoms with Crippen molar-refractivity contribution in [2.45, 2.75) is 39.2 Å². The summed E-state index contributed by atoms with van der Waals surface area (Å²) in [6, 6.07) is 8.21. The number of rotatable bonds is 3. The fourth-order valence-corrected chi connectivity index (χ4v) is 2.62. The molecule has 1 saturated heterocycles.